The molecule has 0 amide bonds. The van der Waals surface area contributed by atoms with Crippen molar-refractivity contribution in [1.82, 2.24) is 15.4 Å². The van der Waals surface area contributed by atoms with Gasteiger partial charge in [-0.1, -0.05) is 16.8 Å². The Hall–Kier alpha value is -0.970. The molecule has 1 heterocycles. The molecule has 0 fully saturated rings. The smallest absolute Gasteiger partial charge is 0.337 e. The standard InChI is InChI=1S/C7H4ClN3O5S.Ag/c8-4-2(7(12)13)1-3-5(10-11-9-3)6(4)17(14,15)16;/h1H,(H,12,13)(H,9,10,11)(H,14,15,16);. The fraction of sp³-hybridized carbons (Fsp3) is 0. The molecular weight excluding hydrogens is 381 g/mol. The van der Waals surface area contributed by atoms with Gasteiger partial charge in [0.1, 0.15) is 10.4 Å². The number of aromatic nitrogens is 3. The zero-order valence-corrected chi connectivity index (χ0v) is 11.2. The molecule has 1 radical (unpaired) electrons. The van der Waals surface area contributed by atoms with Crippen LogP contribution in [-0.4, -0.2) is 39.5 Å². The van der Waals surface area contributed by atoms with Crippen molar-refractivity contribution in [2.45, 2.75) is 4.90 Å². The van der Waals surface area contributed by atoms with Gasteiger partial charge in [-0.2, -0.15) is 8.42 Å². The maximum atomic E-state index is 11.1. The van der Waals surface area contributed by atoms with Gasteiger partial charge >= 0.3 is 5.97 Å². The van der Waals surface area contributed by atoms with Gasteiger partial charge in [-0.05, 0) is 6.07 Å². The number of nitrogens with one attached hydrogen (secondary N) is 1. The summed E-state index contributed by atoms with van der Waals surface area (Å²) in [7, 11) is -4.70. The minimum Gasteiger partial charge on any atom is -0.478 e. The number of aromatic amines is 1. The van der Waals surface area contributed by atoms with E-state index in [0.717, 1.165) is 6.07 Å². The molecule has 0 bridgehead atoms. The Morgan fingerprint density at radius 1 is 1.44 bits per heavy atom. The quantitative estimate of drug-likeness (QED) is 0.508. The molecule has 1 aromatic heterocycles. The third kappa shape index (κ3) is 2.41. The minimum absolute atomic E-state index is 0. The Kier molecular flexibility index (Phi) is 4.15. The van der Waals surface area contributed by atoms with E-state index in [1.165, 1.54) is 0 Å². The molecule has 3 N–H and O–H groups in total. The summed E-state index contributed by atoms with van der Waals surface area (Å²) in [5.74, 6) is -1.43. The van der Waals surface area contributed by atoms with E-state index in [-0.39, 0.29) is 33.4 Å². The van der Waals surface area contributed by atoms with E-state index in [2.05, 4.69) is 15.4 Å². The van der Waals surface area contributed by atoms with Crippen LogP contribution in [0.2, 0.25) is 5.02 Å². The zero-order valence-electron chi connectivity index (χ0n) is 8.18. The van der Waals surface area contributed by atoms with E-state index < -0.39 is 31.6 Å². The molecule has 0 atom stereocenters. The molecule has 0 aliphatic rings. The van der Waals surface area contributed by atoms with Gasteiger partial charge in [-0.15, -0.1) is 5.10 Å². The second-order valence-corrected chi connectivity index (χ2v) is 4.79. The van der Waals surface area contributed by atoms with Crippen LogP contribution in [0.15, 0.2) is 11.0 Å². The van der Waals surface area contributed by atoms with Crippen LogP contribution < -0.4 is 0 Å². The predicted octanol–water partition coefficient (Wildman–Crippen LogP) is 0.554. The van der Waals surface area contributed by atoms with Crippen LogP contribution in [-0.2, 0) is 32.5 Å². The molecule has 0 aliphatic heterocycles. The zero-order chi connectivity index (χ0) is 12.8. The number of hydrogen-bond acceptors (Lipinski definition) is 5. The summed E-state index contributed by atoms with van der Waals surface area (Å²) < 4.78 is 31.3. The number of carboxylic acids is 1. The fourth-order valence-corrected chi connectivity index (χ4v) is 2.58. The third-order valence-electron chi connectivity index (χ3n) is 2.00. The van der Waals surface area contributed by atoms with Crippen LogP contribution in [0.5, 0.6) is 0 Å². The SMILES string of the molecule is O=C(O)c1cc2[nH]nnc2c(S(=O)(=O)O)c1Cl.[Ag]. The van der Waals surface area contributed by atoms with Gasteiger partial charge in [0.2, 0.25) is 0 Å². The van der Waals surface area contributed by atoms with Crippen molar-refractivity contribution in [2.75, 3.05) is 0 Å². The molecule has 2 rings (SSSR count). The molecule has 0 unspecified atom stereocenters. The maximum Gasteiger partial charge on any atom is 0.337 e. The Bertz CT molecular complexity index is 728. The van der Waals surface area contributed by atoms with Crippen molar-refractivity contribution < 1.29 is 45.3 Å². The minimum atomic E-state index is -4.70. The average molecular weight is 386 g/mol. The maximum absolute atomic E-state index is 11.1. The molecule has 0 saturated heterocycles. The summed E-state index contributed by atoms with van der Waals surface area (Å²) >= 11 is 5.62. The van der Waals surface area contributed by atoms with Gasteiger partial charge in [0.05, 0.1) is 16.1 Å². The van der Waals surface area contributed by atoms with Gasteiger partial charge in [0.15, 0.2) is 0 Å². The topological polar surface area (TPSA) is 133 Å². The molecule has 11 heteroatoms. The largest absolute Gasteiger partial charge is 0.478 e. The number of halogens is 1. The first kappa shape index (κ1) is 15.1. The van der Waals surface area contributed by atoms with Gasteiger partial charge in [-0.25, -0.2) is 4.79 Å². The summed E-state index contributed by atoms with van der Waals surface area (Å²) in [6.07, 6.45) is 0. The number of carboxylic acid groups (broad SMARTS) is 1. The Labute approximate surface area is 121 Å². The van der Waals surface area contributed by atoms with Crippen LogP contribution in [0.3, 0.4) is 0 Å². The van der Waals surface area contributed by atoms with E-state index >= 15 is 0 Å². The third-order valence-corrected chi connectivity index (χ3v) is 3.42. The van der Waals surface area contributed by atoms with Crippen LogP contribution in [0, 0.1) is 0 Å². The van der Waals surface area contributed by atoms with Gasteiger partial charge < -0.3 is 5.11 Å². The summed E-state index contributed by atoms with van der Waals surface area (Å²) in [4.78, 5) is 10.1. The number of fused-ring (bicyclic) bond motifs is 1. The van der Waals surface area contributed by atoms with Crippen molar-refractivity contribution in [2.24, 2.45) is 0 Å². The van der Waals surface area contributed by atoms with Crippen LogP contribution in [0.4, 0.5) is 0 Å². The molecule has 18 heavy (non-hydrogen) atoms. The monoisotopic (exact) mass is 384 g/mol. The Morgan fingerprint density at radius 2 is 2.06 bits per heavy atom. The molecular formula is C7H4AgClN3O5S. The summed E-state index contributed by atoms with van der Waals surface area (Å²) in [5.41, 5.74) is -0.653. The van der Waals surface area contributed by atoms with Crippen LogP contribution >= 0.6 is 11.6 Å². The molecule has 0 saturated carbocycles. The first-order valence-electron chi connectivity index (χ1n) is 4.06. The van der Waals surface area contributed by atoms with Gasteiger partial charge in [-0.3, -0.25) is 9.65 Å². The van der Waals surface area contributed by atoms with Crippen LogP contribution in [0.25, 0.3) is 11.0 Å². The number of nitrogens with zero attached hydrogens (tertiary/aromatic N) is 2. The van der Waals surface area contributed by atoms with E-state index in [1.54, 1.807) is 0 Å². The van der Waals surface area contributed by atoms with Crippen molar-refractivity contribution >= 4 is 38.7 Å². The van der Waals surface area contributed by atoms with E-state index in [0.29, 0.717) is 0 Å². The number of hydrogen-bond donors (Lipinski definition) is 3. The predicted molar refractivity (Wildman–Crippen MR) is 55.7 cm³/mol. The Morgan fingerprint density at radius 3 is 2.56 bits per heavy atom. The van der Waals surface area contributed by atoms with Crippen molar-refractivity contribution in [1.29, 1.82) is 0 Å². The fourth-order valence-electron chi connectivity index (χ4n) is 1.33. The Balaban J connectivity index is 0.00000162. The second kappa shape index (κ2) is 4.96. The first-order chi connectivity index (χ1) is 7.82. The van der Waals surface area contributed by atoms with E-state index in [4.69, 9.17) is 21.3 Å². The van der Waals surface area contributed by atoms with Crippen molar-refractivity contribution in [3.63, 3.8) is 0 Å². The molecule has 8 nitrogen and oxygen atoms in total. The summed E-state index contributed by atoms with van der Waals surface area (Å²) in [6.45, 7) is 0. The van der Waals surface area contributed by atoms with Crippen molar-refractivity contribution in [3.8, 4) is 0 Å². The van der Waals surface area contributed by atoms with Crippen LogP contribution in [0.1, 0.15) is 10.4 Å². The van der Waals surface area contributed by atoms with Gasteiger partial charge in [0.25, 0.3) is 10.1 Å². The molecule has 101 valence electrons. The van der Waals surface area contributed by atoms with E-state index in [9.17, 15) is 13.2 Å². The van der Waals surface area contributed by atoms with Crippen molar-refractivity contribution in [3.05, 3.63) is 16.7 Å². The number of aromatic carboxylic acids is 1. The first-order valence-corrected chi connectivity index (χ1v) is 5.88. The summed E-state index contributed by atoms with van der Waals surface area (Å²) in [5, 5.41) is 17.3. The normalized spacial score (nSPS) is 11.2. The number of H-pyrrole nitrogens is 1. The average Bonchev–Trinajstić information content (AvgIpc) is 2.60. The number of benzene rings is 1. The van der Waals surface area contributed by atoms with Gasteiger partial charge in [0, 0.05) is 22.4 Å². The molecule has 0 spiro atoms. The number of carbonyl (C=O) groups is 1. The number of rotatable bonds is 2. The molecule has 1 aromatic carbocycles. The molecule has 2 aromatic rings. The second-order valence-electron chi connectivity index (χ2n) is 3.06. The van der Waals surface area contributed by atoms with E-state index in [1.807, 2.05) is 0 Å². The summed E-state index contributed by atoms with van der Waals surface area (Å²) in [6, 6.07) is 1.08. The molecule has 0 aliphatic carbocycles.